The van der Waals surface area contributed by atoms with E-state index in [4.69, 9.17) is 0 Å². The van der Waals surface area contributed by atoms with Gasteiger partial charge in [0.1, 0.15) is 5.82 Å². The summed E-state index contributed by atoms with van der Waals surface area (Å²) in [4.78, 5) is 0.149. The Labute approximate surface area is 186 Å². The van der Waals surface area contributed by atoms with E-state index in [0.717, 1.165) is 29.4 Å². The van der Waals surface area contributed by atoms with Crippen LogP contribution in [0, 0.1) is 18.7 Å². The predicted octanol–water partition coefficient (Wildman–Crippen LogP) is 4.64. The number of benzene rings is 3. The molecule has 0 amide bonds. The van der Waals surface area contributed by atoms with Gasteiger partial charge in [-0.25, -0.2) is 4.39 Å². The zero-order valence-corrected chi connectivity index (χ0v) is 18.6. The Morgan fingerprint density at radius 1 is 0.938 bits per heavy atom. The molecule has 0 spiro atoms. The number of hydrogen-bond donors (Lipinski definition) is 0. The van der Waals surface area contributed by atoms with Gasteiger partial charge in [0.2, 0.25) is 5.62 Å². The van der Waals surface area contributed by atoms with Crippen LogP contribution in [0.2, 0.25) is 0 Å². The van der Waals surface area contributed by atoms with Crippen LogP contribution < -0.4 is 5.62 Å². The van der Waals surface area contributed by atoms with E-state index < -0.39 is 10.0 Å². The molecular weight excluding hydrogens is 425 g/mol. The average Bonchev–Trinajstić information content (AvgIpc) is 3.57. The lowest BCUT2D eigenvalue weighted by molar-refractivity contribution is 0.573. The molecule has 1 aromatic heterocycles. The number of hydrogen-bond acceptors (Lipinski definition) is 2. The number of nitrogens with zero attached hydrogens (tertiary/aromatic N) is 3. The molecule has 3 aromatic carbocycles. The molecule has 7 heteroatoms. The normalized spacial score (nSPS) is 14.9. The first kappa shape index (κ1) is 20.7. The first-order valence-electron chi connectivity index (χ1n) is 10.7. The molecule has 0 atom stereocenters. The molecule has 164 valence electrons. The van der Waals surface area contributed by atoms with Gasteiger partial charge in [-0.15, -0.1) is 4.40 Å². The van der Waals surface area contributed by atoms with Gasteiger partial charge in [0, 0.05) is 6.54 Å². The van der Waals surface area contributed by atoms with E-state index in [1.807, 2.05) is 39.5 Å². The van der Waals surface area contributed by atoms with Crippen molar-refractivity contribution >= 4 is 21.1 Å². The van der Waals surface area contributed by atoms with E-state index in [0.29, 0.717) is 30.2 Å². The zero-order valence-electron chi connectivity index (χ0n) is 17.8. The quantitative estimate of drug-likeness (QED) is 0.431. The van der Waals surface area contributed by atoms with Crippen LogP contribution >= 0.6 is 0 Å². The van der Waals surface area contributed by atoms with Gasteiger partial charge in [-0.3, -0.25) is 0 Å². The molecule has 0 bridgehead atoms. The molecular formula is C25H24FN3O2S. The van der Waals surface area contributed by atoms with Crippen molar-refractivity contribution in [2.45, 2.75) is 37.8 Å². The average molecular weight is 450 g/mol. The molecule has 5 rings (SSSR count). The summed E-state index contributed by atoms with van der Waals surface area (Å²) >= 11 is 0. The molecule has 32 heavy (non-hydrogen) atoms. The van der Waals surface area contributed by atoms with E-state index in [9.17, 15) is 12.8 Å². The summed E-state index contributed by atoms with van der Waals surface area (Å²) in [5.41, 5.74) is 3.49. The molecule has 0 unspecified atom stereocenters. The van der Waals surface area contributed by atoms with Gasteiger partial charge >= 0.3 is 0 Å². The fourth-order valence-electron chi connectivity index (χ4n) is 3.94. The molecule has 1 heterocycles. The number of halogens is 1. The number of fused-ring (bicyclic) bond motifs is 1. The maximum atomic E-state index is 14.2. The van der Waals surface area contributed by atoms with Gasteiger partial charge in [0.15, 0.2) is 0 Å². The predicted molar refractivity (Wildman–Crippen MR) is 122 cm³/mol. The van der Waals surface area contributed by atoms with Gasteiger partial charge in [-0.2, -0.15) is 8.42 Å². The molecule has 1 saturated carbocycles. The Bertz CT molecular complexity index is 1470. The number of aromatic nitrogens is 2. The number of rotatable bonds is 6. The monoisotopic (exact) mass is 449 g/mol. The lowest BCUT2D eigenvalue weighted by Crippen LogP contribution is -2.29. The van der Waals surface area contributed by atoms with Crippen molar-refractivity contribution in [3.8, 4) is 0 Å². The van der Waals surface area contributed by atoms with E-state index in [1.54, 1.807) is 43.3 Å². The Morgan fingerprint density at radius 3 is 2.25 bits per heavy atom. The lowest BCUT2D eigenvalue weighted by atomic mass is 10.1. The molecule has 0 N–H and O–H groups in total. The highest BCUT2D eigenvalue weighted by atomic mass is 32.2. The van der Waals surface area contributed by atoms with Crippen molar-refractivity contribution in [1.29, 1.82) is 0 Å². The third kappa shape index (κ3) is 4.00. The minimum atomic E-state index is -3.92. The molecule has 1 aliphatic carbocycles. The van der Waals surface area contributed by atoms with E-state index in [2.05, 4.69) is 4.40 Å². The highest BCUT2D eigenvalue weighted by molar-refractivity contribution is 7.90. The second-order valence-electron chi connectivity index (χ2n) is 8.39. The molecule has 5 nitrogen and oxygen atoms in total. The third-order valence-electron chi connectivity index (χ3n) is 5.90. The van der Waals surface area contributed by atoms with Crippen molar-refractivity contribution in [2.24, 2.45) is 10.3 Å². The molecule has 0 saturated heterocycles. The summed E-state index contributed by atoms with van der Waals surface area (Å²) in [6.07, 6.45) is 2.25. The van der Waals surface area contributed by atoms with E-state index in [-0.39, 0.29) is 10.7 Å². The van der Waals surface area contributed by atoms with Crippen molar-refractivity contribution in [1.82, 2.24) is 9.13 Å². The topological polar surface area (TPSA) is 56.4 Å². The van der Waals surface area contributed by atoms with Crippen LogP contribution in [0.1, 0.15) is 24.0 Å². The minimum Gasteiger partial charge on any atom is -0.309 e. The molecule has 0 aliphatic heterocycles. The molecule has 4 aromatic rings. The third-order valence-corrected chi connectivity index (χ3v) is 7.18. The summed E-state index contributed by atoms with van der Waals surface area (Å²) < 4.78 is 48.8. The first-order valence-corrected chi connectivity index (χ1v) is 12.2. The Kier molecular flexibility index (Phi) is 5.21. The highest BCUT2D eigenvalue weighted by Crippen LogP contribution is 2.31. The number of sulfonamides is 1. The van der Waals surface area contributed by atoms with E-state index >= 15 is 0 Å². The van der Waals surface area contributed by atoms with Crippen LogP contribution in [-0.2, 0) is 23.1 Å². The zero-order chi connectivity index (χ0) is 22.3. The van der Waals surface area contributed by atoms with Crippen LogP contribution in [0.3, 0.4) is 0 Å². The minimum absolute atomic E-state index is 0.149. The lowest BCUT2D eigenvalue weighted by Gasteiger charge is -2.08. The standard InChI is InChI=1S/C25H24FN3O2S/c1-18-11-12-20(15-22(18)26)17-29-24-10-6-5-9-23(24)28(16-19-13-14-19)25(29)27-32(30,31)21-7-3-2-4-8-21/h2-12,15,19H,13-14,16-17H2,1H3. The number of aryl methyl sites for hydroxylation is 1. The van der Waals surface area contributed by atoms with Gasteiger partial charge < -0.3 is 9.13 Å². The van der Waals surface area contributed by atoms with Crippen LogP contribution in [-0.4, -0.2) is 17.6 Å². The smallest absolute Gasteiger partial charge is 0.285 e. The second-order valence-corrected chi connectivity index (χ2v) is 10.00. The van der Waals surface area contributed by atoms with Crippen LogP contribution in [0.15, 0.2) is 82.1 Å². The summed E-state index contributed by atoms with van der Waals surface area (Å²) in [6, 6.07) is 21.2. The first-order chi connectivity index (χ1) is 15.4. The van der Waals surface area contributed by atoms with Crippen LogP contribution in [0.25, 0.3) is 11.0 Å². The summed E-state index contributed by atoms with van der Waals surface area (Å²) in [5, 5.41) is 0. The van der Waals surface area contributed by atoms with Crippen molar-refractivity contribution in [3.05, 3.63) is 95.4 Å². The summed E-state index contributed by atoms with van der Waals surface area (Å²) in [7, 11) is -3.92. The van der Waals surface area contributed by atoms with Gasteiger partial charge in [-0.1, -0.05) is 42.5 Å². The van der Waals surface area contributed by atoms with Gasteiger partial charge in [0.05, 0.1) is 22.5 Å². The van der Waals surface area contributed by atoms with Gasteiger partial charge in [0.25, 0.3) is 10.0 Å². The van der Waals surface area contributed by atoms with Crippen LogP contribution in [0.5, 0.6) is 0 Å². The Balaban J connectivity index is 1.75. The van der Waals surface area contributed by atoms with Gasteiger partial charge in [-0.05, 0) is 67.1 Å². The van der Waals surface area contributed by atoms with E-state index in [1.165, 1.54) is 6.07 Å². The summed E-state index contributed by atoms with van der Waals surface area (Å²) in [6.45, 7) is 2.75. The Hall–Kier alpha value is -3.19. The highest BCUT2D eigenvalue weighted by Gasteiger charge is 2.25. The molecule has 1 aliphatic rings. The van der Waals surface area contributed by atoms with Crippen molar-refractivity contribution in [3.63, 3.8) is 0 Å². The Morgan fingerprint density at radius 2 is 1.59 bits per heavy atom. The molecule has 0 radical (unpaired) electrons. The maximum Gasteiger partial charge on any atom is 0.285 e. The van der Waals surface area contributed by atoms with Crippen LogP contribution in [0.4, 0.5) is 4.39 Å². The number of para-hydroxylation sites is 2. The molecule has 1 fully saturated rings. The fourth-order valence-corrected chi connectivity index (χ4v) is 4.96. The largest absolute Gasteiger partial charge is 0.309 e. The summed E-state index contributed by atoms with van der Waals surface area (Å²) in [5.74, 6) is 0.240. The second kappa shape index (κ2) is 8.06. The number of imidazole rings is 1. The SMILES string of the molecule is Cc1ccc(Cn2c(=NS(=O)(=O)c3ccccc3)n(CC3CC3)c3ccccc32)cc1F. The van der Waals surface area contributed by atoms with Crippen molar-refractivity contribution < 1.29 is 12.8 Å². The fraction of sp³-hybridized carbons (Fsp3) is 0.240. The maximum absolute atomic E-state index is 14.2. The van der Waals surface area contributed by atoms with Crippen molar-refractivity contribution in [2.75, 3.05) is 0 Å².